The fourth-order valence-electron chi connectivity index (χ4n) is 2.00. The van der Waals surface area contributed by atoms with Crippen LogP contribution in [0.25, 0.3) is 0 Å². The summed E-state index contributed by atoms with van der Waals surface area (Å²) in [5, 5.41) is 12.5. The van der Waals surface area contributed by atoms with Crippen LogP contribution in [0.1, 0.15) is 22.7 Å². The van der Waals surface area contributed by atoms with Crippen molar-refractivity contribution in [3.8, 4) is 6.07 Å². The molecule has 2 rings (SSSR count). The molecule has 0 aliphatic heterocycles. The maximum Gasteiger partial charge on any atom is 0.121 e. The van der Waals surface area contributed by atoms with E-state index in [1.165, 1.54) is 11.1 Å². The van der Waals surface area contributed by atoms with E-state index in [-0.39, 0.29) is 6.04 Å². The summed E-state index contributed by atoms with van der Waals surface area (Å²) in [5.41, 5.74) is 3.53. The van der Waals surface area contributed by atoms with Gasteiger partial charge in [-0.25, -0.2) is 0 Å². The average molecular weight is 250 g/mol. The molecule has 0 saturated heterocycles. The fourth-order valence-corrected chi connectivity index (χ4v) is 2.00. The van der Waals surface area contributed by atoms with Crippen molar-refractivity contribution in [2.75, 3.05) is 6.54 Å². The van der Waals surface area contributed by atoms with Crippen LogP contribution >= 0.6 is 0 Å². The van der Waals surface area contributed by atoms with Gasteiger partial charge in [0.05, 0.1) is 6.07 Å². The Kier molecular flexibility index (Phi) is 4.72. The highest BCUT2D eigenvalue weighted by Gasteiger charge is 2.08. The van der Waals surface area contributed by atoms with Crippen molar-refractivity contribution in [3.05, 3.63) is 71.3 Å². The van der Waals surface area contributed by atoms with Crippen LogP contribution in [0.5, 0.6) is 0 Å². The number of nitrogens with one attached hydrogen (secondary N) is 1. The maximum absolute atomic E-state index is 9.23. The first-order valence-electron chi connectivity index (χ1n) is 6.53. The Hall–Kier alpha value is -2.11. The second-order valence-electron chi connectivity index (χ2n) is 4.66. The SMILES string of the molecule is Cc1ccc([C@H](C#N)NCCc2ccccc2)cc1. The summed E-state index contributed by atoms with van der Waals surface area (Å²) in [6, 6.07) is 20.5. The Morgan fingerprint density at radius 1 is 1.05 bits per heavy atom. The van der Waals surface area contributed by atoms with Crippen molar-refractivity contribution in [3.63, 3.8) is 0 Å². The zero-order valence-corrected chi connectivity index (χ0v) is 11.1. The molecule has 2 aromatic carbocycles. The van der Waals surface area contributed by atoms with Crippen LogP contribution in [-0.2, 0) is 6.42 Å². The highest BCUT2D eigenvalue weighted by molar-refractivity contribution is 5.27. The Morgan fingerprint density at radius 2 is 1.74 bits per heavy atom. The van der Waals surface area contributed by atoms with Gasteiger partial charge in [0.2, 0.25) is 0 Å². The van der Waals surface area contributed by atoms with Gasteiger partial charge in [0.15, 0.2) is 0 Å². The van der Waals surface area contributed by atoms with E-state index in [0.717, 1.165) is 18.5 Å². The molecule has 0 aliphatic carbocycles. The molecule has 0 aliphatic rings. The van der Waals surface area contributed by atoms with Crippen LogP contribution in [0, 0.1) is 18.3 Å². The standard InChI is InChI=1S/C17H18N2/c1-14-7-9-16(10-8-14)17(13-18)19-12-11-15-5-3-2-4-6-15/h2-10,17,19H,11-12H2,1H3/t17-/m0/s1. The van der Waals surface area contributed by atoms with Crippen LogP contribution in [0.2, 0.25) is 0 Å². The lowest BCUT2D eigenvalue weighted by Gasteiger charge is -2.12. The van der Waals surface area contributed by atoms with Gasteiger partial charge in [-0.1, -0.05) is 60.2 Å². The highest BCUT2D eigenvalue weighted by atomic mass is 14.9. The average Bonchev–Trinajstić information content (AvgIpc) is 2.46. The molecular formula is C17H18N2. The van der Waals surface area contributed by atoms with Gasteiger partial charge < -0.3 is 0 Å². The smallest absolute Gasteiger partial charge is 0.121 e. The number of aryl methyl sites for hydroxylation is 1. The third-order valence-corrected chi connectivity index (χ3v) is 3.14. The second kappa shape index (κ2) is 6.72. The normalized spacial score (nSPS) is 11.8. The summed E-state index contributed by atoms with van der Waals surface area (Å²) in [6.07, 6.45) is 0.935. The minimum absolute atomic E-state index is 0.232. The molecular weight excluding hydrogens is 232 g/mol. The monoisotopic (exact) mass is 250 g/mol. The molecule has 0 fully saturated rings. The lowest BCUT2D eigenvalue weighted by Crippen LogP contribution is -2.22. The third-order valence-electron chi connectivity index (χ3n) is 3.14. The molecule has 0 saturated carbocycles. The van der Waals surface area contributed by atoms with Gasteiger partial charge in [0, 0.05) is 6.54 Å². The van der Waals surface area contributed by atoms with E-state index in [1.54, 1.807) is 0 Å². The van der Waals surface area contributed by atoms with E-state index in [2.05, 4.69) is 23.5 Å². The molecule has 0 unspecified atom stereocenters. The zero-order chi connectivity index (χ0) is 13.5. The second-order valence-corrected chi connectivity index (χ2v) is 4.66. The summed E-state index contributed by atoms with van der Waals surface area (Å²) in [6.45, 7) is 2.85. The van der Waals surface area contributed by atoms with Gasteiger partial charge in [0.1, 0.15) is 6.04 Å². The third kappa shape index (κ3) is 3.94. The zero-order valence-electron chi connectivity index (χ0n) is 11.1. The number of nitriles is 1. The number of nitrogens with zero attached hydrogens (tertiary/aromatic N) is 1. The van der Waals surface area contributed by atoms with Gasteiger partial charge in [0.25, 0.3) is 0 Å². The fraction of sp³-hybridized carbons (Fsp3) is 0.235. The Labute approximate surface area is 114 Å². The molecule has 0 spiro atoms. The van der Waals surface area contributed by atoms with E-state index in [0.29, 0.717) is 0 Å². The van der Waals surface area contributed by atoms with Gasteiger partial charge in [-0.15, -0.1) is 0 Å². The molecule has 0 radical (unpaired) electrons. The van der Waals surface area contributed by atoms with Gasteiger partial charge in [-0.2, -0.15) is 5.26 Å². The lowest BCUT2D eigenvalue weighted by atomic mass is 10.1. The molecule has 2 aromatic rings. The molecule has 2 heteroatoms. The van der Waals surface area contributed by atoms with Crippen molar-refractivity contribution < 1.29 is 0 Å². The summed E-state index contributed by atoms with van der Waals surface area (Å²) in [7, 11) is 0. The van der Waals surface area contributed by atoms with Crippen molar-refractivity contribution in [2.45, 2.75) is 19.4 Å². The van der Waals surface area contributed by atoms with Crippen molar-refractivity contribution in [1.29, 1.82) is 5.26 Å². The van der Waals surface area contributed by atoms with E-state index in [9.17, 15) is 5.26 Å². The molecule has 96 valence electrons. The number of benzene rings is 2. The maximum atomic E-state index is 9.23. The van der Waals surface area contributed by atoms with Gasteiger partial charge in [-0.3, -0.25) is 5.32 Å². The first-order chi connectivity index (χ1) is 9.29. The lowest BCUT2D eigenvalue weighted by molar-refractivity contribution is 0.629. The predicted octanol–water partition coefficient (Wildman–Crippen LogP) is 3.39. The van der Waals surface area contributed by atoms with E-state index >= 15 is 0 Å². The van der Waals surface area contributed by atoms with Crippen LogP contribution in [0.15, 0.2) is 54.6 Å². The van der Waals surface area contributed by atoms with Gasteiger partial charge >= 0.3 is 0 Å². The first-order valence-corrected chi connectivity index (χ1v) is 6.53. The Morgan fingerprint density at radius 3 is 2.37 bits per heavy atom. The molecule has 0 heterocycles. The number of hydrogen-bond donors (Lipinski definition) is 1. The quantitative estimate of drug-likeness (QED) is 0.883. The molecule has 19 heavy (non-hydrogen) atoms. The van der Waals surface area contributed by atoms with Crippen molar-refractivity contribution >= 4 is 0 Å². The topological polar surface area (TPSA) is 35.8 Å². The summed E-state index contributed by atoms with van der Waals surface area (Å²) < 4.78 is 0. The van der Waals surface area contributed by atoms with Crippen LogP contribution < -0.4 is 5.32 Å². The minimum Gasteiger partial charge on any atom is -0.298 e. The highest BCUT2D eigenvalue weighted by Crippen LogP contribution is 2.13. The van der Waals surface area contributed by atoms with Crippen LogP contribution in [0.3, 0.4) is 0 Å². The first kappa shape index (κ1) is 13.3. The minimum atomic E-state index is -0.232. The Bertz CT molecular complexity index is 538. The van der Waals surface area contributed by atoms with E-state index < -0.39 is 0 Å². The molecule has 2 nitrogen and oxygen atoms in total. The number of rotatable bonds is 5. The predicted molar refractivity (Wildman–Crippen MR) is 77.7 cm³/mol. The number of hydrogen-bond acceptors (Lipinski definition) is 2. The van der Waals surface area contributed by atoms with Crippen molar-refractivity contribution in [2.24, 2.45) is 0 Å². The Balaban J connectivity index is 1.90. The van der Waals surface area contributed by atoms with Gasteiger partial charge in [-0.05, 0) is 24.5 Å². The van der Waals surface area contributed by atoms with Crippen LogP contribution in [0.4, 0.5) is 0 Å². The van der Waals surface area contributed by atoms with Crippen molar-refractivity contribution in [1.82, 2.24) is 5.32 Å². The largest absolute Gasteiger partial charge is 0.298 e. The molecule has 1 N–H and O–H groups in total. The summed E-state index contributed by atoms with van der Waals surface area (Å²) in [5.74, 6) is 0. The molecule has 0 bridgehead atoms. The van der Waals surface area contributed by atoms with E-state index in [1.807, 2.05) is 49.4 Å². The molecule has 0 amide bonds. The van der Waals surface area contributed by atoms with E-state index in [4.69, 9.17) is 0 Å². The molecule has 1 atom stereocenters. The summed E-state index contributed by atoms with van der Waals surface area (Å²) >= 11 is 0. The molecule has 0 aromatic heterocycles. The summed E-state index contributed by atoms with van der Waals surface area (Å²) in [4.78, 5) is 0. The van der Waals surface area contributed by atoms with Crippen LogP contribution in [-0.4, -0.2) is 6.54 Å².